The molecule has 0 aliphatic heterocycles. The van der Waals surface area contributed by atoms with Gasteiger partial charge >= 0.3 is 0 Å². The van der Waals surface area contributed by atoms with Crippen molar-refractivity contribution in [2.24, 2.45) is 7.05 Å². The zero-order chi connectivity index (χ0) is 10.5. The molecule has 0 saturated heterocycles. The van der Waals surface area contributed by atoms with Gasteiger partial charge in [0.2, 0.25) is 0 Å². The van der Waals surface area contributed by atoms with Crippen LogP contribution in [0.25, 0.3) is 0 Å². The van der Waals surface area contributed by atoms with Crippen molar-refractivity contribution < 1.29 is 4.57 Å². The lowest BCUT2D eigenvalue weighted by atomic mass is 10.2. The number of aryl methyl sites for hydroxylation is 1. The van der Waals surface area contributed by atoms with Gasteiger partial charge in [-0.3, -0.25) is 0 Å². The van der Waals surface area contributed by atoms with Gasteiger partial charge < -0.3 is 0 Å². The summed E-state index contributed by atoms with van der Waals surface area (Å²) >= 11 is 0. The molecule has 0 spiro atoms. The summed E-state index contributed by atoms with van der Waals surface area (Å²) in [5, 5.41) is 0. The largest absolute Gasteiger partial charge is 0.207 e. The van der Waals surface area contributed by atoms with E-state index in [2.05, 4.69) is 11.8 Å². The lowest BCUT2D eigenvalue weighted by molar-refractivity contribution is -0.671. The van der Waals surface area contributed by atoms with E-state index < -0.39 is 0 Å². The van der Waals surface area contributed by atoms with Gasteiger partial charge in [-0.25, -0.2) is 4.57 Å². The van der Waals surface area contributed by atoms with Crippen LogP contribution in [0.1, 0.15) is 11.1 Å². The number of hydrogen-bond acceptors (Lipinski definition) is 0. The minimum Gasteiger partial charge on any atom is -0.207 e. The Bertz CT molecular complexity index is 504. The summed E-state index contributed by atoms with van der Waals surface area (Å²) < 4.78 is 2.00. The van der Waals surface area contributed by atoms with Crippen molar-refractivity contribution >= 4 is 0 Å². The van der Waals surface area contributed by atoms with Crippen LogP contribution >= 0.6 is 0 Å². The summed E-state index contributed by atoms with van der Waals surface area (Å²) in [7, 11) is 1.99. The van der Waals surface area contributed by atoms with Crippen LogP contribution in [0.3, 0.4) is 0 Å². The highest BCUT2D eigenvalue weighted by Gasteiger charge is 1.92. The molecule has 0 aliphatic carbocycles. The Labute approximate surface area is 90.0 Å². The van der Waals surface area contributed by atoms with Crippen molar-refractivity contribution in [2.45, 2.75) is 0 Å². The smallest absolute Gasteiger partial charge is 0.184 e. The maximum atomic E-state index is 3.13. The maximum Gasteiger partial charge on any atom is 0.184 e. The van der Waals surface area contributed by atoms with Gasteiger partial charge in [-0.05, 0) is 18.2 Å². The van der Waals surface area contributed by atoms with Crippen molar-refractivity contribution in [3.8, 4) is 11.8 Å². The van der Waals surface area contributed by atoms with Crippen molar-refractivity contribution in [1.82, 2.24) is 0 Å². The Balaban J connectivity index is 2.26. The number of aromatic nitrogens is 1. The summed E-state index contributed by atoms with van der Waals surface area (Å²) in [4.78, 5) is 0. The predicted octanol–water partition coefficient (Wildman–Crippen LogP) is 1.91. The monoisotopic (exact) mass is 194 g/mol. The van der Waals surface area contributed by atoms with E-state index >= 15 is 0 Å². The molecule has 0 saturated carbocycles. The van der Waals surface area contributed by atoms with Crippen LogP contribution in [0.15, 0.2) is 54.9 Å². The maximum absolute atomic E-state index is 3.13. The van der Waals surface area contributed by atoms with E-state index in [9.17, 15) is 0 Å². The van der Waals surface area contributed by atoms with E-state index in [-0.39, 0.29) is 0 Å². The molecule has 1 heterocycles. The van der Waals surface area contributed by atoms with Crippen LogP contribution in [0.5, 0.6) is 0 Å². The molecular formula is C14H12N+. The number of benzene rings is 1. The molecule has 0 aliphatic rings. The number of hydrogen-bond donors (Lipinski definition) is 0. The van der Waals surface area contributed by atoms with Crippen molar-refractivity contribution in [2.75, 3.05) is 0 Å². The van der Waals surface area contributed by atoms with E-state index in [0.29, 0.717) is 0 Å². The SMILES string of the molecule is C[n+]1cccc(C#Cc2ccccc2)c1. The van der Waals surface area contributed by atoms with E-state index in [1.807, 2.05) is 66.5 Å². The summed E-state index contributed by atoms with van der Waals surface area (Å²) in [5.41, 5.74) is 2.08. The molecule has 0 atom stereocenters. The normalized spacial score (nSPS) is 9.13. The summed E-state index contributed by atoms with van der Waals surface area (Å²) in [6.07, 6.45) is 4.00. The predicted molar refractivity (Wildman–Crippen MR) is 60.0 cm³/mol. The van der Waals surface area contributed by atoms with Crippen LogP contribution in [-0.2, 0) is 7.05 Å². The molecule has 72 valence electrons. The highest BCUT2D eigenvalue weighted by molar-refractivity contribution is 5.40. The van der Waals surface area contributed by atoms with Gasteiger partial charge in [-0.2, -0.15) is 0 Å². The van der Waals surface area contributed by atoms with Crippen LogP contribution in [0.2, 0.25) is 0 Å². The number of pyridine rings is 1. The van der Waals surface area contributed by atoms with Crippen LogP contribution in [0, 0.1) is 11.8 Å². The lowest BCUT2D eigenvalue weighted by Crippen LogP contribution is -2.26. The molecule has 0 N–H and O–H groups in total. The molecule has 15 heavy (non-hydrogen) atoms. The van der Waals surface area contributed by atoms with Crippen molar-refractivity contribution in [3.63, 3.8) is 0 Å². The highest BCUT2D eigenvalue weighted by Crippen LogP contribution is 1.96. The second-order valence-corrected chi connectivity index (χ2v) is 3.37. The van der Waals surface area contributed by atoms with E-state index in [1.54, 1.807) is 0 Å². The van der Waals surface area contributed by atoms with Gasteiger partial charge in [-0.1, -0.05) is 30.0 Å². The Morgan fingerprint density at radius 3 is 2.27 bits per heavy atom. The third kappa shape index (κ3) is 2.69. The average molecular weight is 194 g/mol. The van der Waals surface area contributed by atoms with Crippen LogP contribution in [-0.4, -0.2) is 0 Å². The van der Waals surface area contributed by atoms with E-state index in [4.69, 9.17) is 0 Å². The van der Waals surface area contributed by atoms with Crippen LogP contribution < -0.4 is 4.57 Å². The van der Waals surface area contributed by atoms with Gasteiger partial charge in [-0.15, -0.1) is 0 Å². The molecule has 0 fully saturated rings. The third-order valence-electron chi connectivity index (χ3n) is 2.06. The summed E-state index contributed by atoms with van der Waals surface area (Å²) in [6, 6.07) is 14.0. The minimum absolute atomic E-state index is 1.03. The Kier molecular flexibility index (Phi) is 2.80. The third-order valence-corrected chi connectivity index (χ3v) is 2.06. The molecule has 1 heteroatoms. The molecular weight excluding hydrogens is 182 g/mol. The standard InChI is InChI=1S/C14H12N/c1-15-11-5-8-14(12-15)10-9-13-6-3-2-4-7-13/h2-8,11-12H,1H3/q+1. The fraction of sp³-hybridized carbons (Fsp3) is 0.0714. The molecule has 1 aromatic carbocycles. The number of nitrogens with zero attached hydrogens (tertiary/aromatic N) is 1. The number of rotatable bonds is 0. The molecule has 0 amide bonds. The fourth-order valence-corrected chi connectivity index (χ4v) is 1.33. The molecule has 0 unspecified atom stereocenters. The highest BCUT2D eigenvalue weighted by atomic mass is 14.9. The van der Waals surface area contributed by atoms with Gasteiger partial charge in [0.15, 0.2) is 12.4 Å². The van der Waals surface area contributed by atoms with E-state index in [0.717, 1.165) is 11.1 Å². The summed E-state index contributed by atoms with van der Waals surface area (Å²) in [6.45, 7) is 0. The Morgan fingerprint density at radius 1 is 0.867 bits per heavy atom. The first-order valence-corrected chi connectivity index (χ1v) is 4.87. The van der Waals surface area contributed by atoms with Gasteiger partial charge in [0.05, 0.1) is 5.56 Å². The van der Waals surface area contributed by atoms with Crippen LogP contribution in [0.4, 0.5) is 0 Å². The lowest BCUT2D eigenvalue weighted by Gasteiger charge is -1.88. The zero-order valence-corrected chi connectivity index (χ0v) is 8.64. The molecule has 0 radical (unpaired) electrons. The average Bonchev–Trinajstić information content (AvgIpc) is 2.28. The topological polar surface area (TPSA) is 3.88 Å². The summed E-state index contributed by atoms with van der Waals surface area (Å²) in [5.74, 6) is 6.26. The zero-order valence-electron chi connectivity index (χ0n) is 8.64. The molecule has 2 aromatic rings. The molecule has 1 aromatic heterocycles. The van der Waals surface area contributed by atoms with E-state index in [1.165, 1.54) is 0 Å². The first-order valence-electron chi connectivity index (χ1n) is 4.87. The molecule has 1 nitrogen and oxygen atoms in total. The Morgan fingerprint density at radius 2 is 1.53 bits per heavy atom. The molecule has 2 rings (SSSR count). The van der Waals surface area contributed by atoms with Gasteiger partial charge in [0, 0.05) is 11.6 Å². The Hall–Kier alpha value is -2.07. The minimum atomic E-state index is 1.03. The first-order chi connectivity index (χ1) is 7.34. The van der Waals surface area contributed by atoms with Gasteiger partial charge in [0.1, 0.15) is 7.05 Å². The fourth-order valence-electron chi connectivity index (χ4n) is 1.33. The van der Waals surface area contributed by atoms with Crippen molar-refractivity contribution in [1.29, 1.82) is 0 Å². The second-order valence-electron chi connectivity index (χ2n) is 3.37. The quantitative estimate of drug-likeness (QED) is 0.445. The second kappa shape index (κ2) is 4.43. The molecule has 0 bridgehead atoms. The first kappa shape index (κ1) is 9.48. The van der Waals surface area contributed by atoms with Gasteiger partial charge in [0.25, 0.3) is 0 Å². The van der Waals surface area contributed by atoms with Crippen molar-refractivity contribution in [3.05, 3.63) is 66.0 Å².